The molecular weight excluding hydrogens is 266 g/mol. The van der Waals surface area contributed by atoms with Crippen molar-refractivity contribution >= 4 is 0 Å². The Hall–Kier alpha value is -1.26. The van der Waals surface area contributed by atoms with Crippen molar-refractivity contribution in [3.63, 3.8) is 0 Å². The molecule has 0 amide bonds. The third-order valence-corrected chi connectivity index (χ3v) is 3.89. The van der Waals surface area contributed by atoms with E-state index in [0.717, 1.165) is 44.0 Å². The molecule has 0 aromatic heterocycles. The van der Waals surface area contributed by atoms with E-state index in [4.69, 9.17) is 14.2 Å². The van der Waals surface area contributed by atoms with Crippen LogP contribution in [0, 0.1) is 0 Å². The standard InChI is InChI=1S/C17H27NO3/c1-19-11-10-18-13-14-8-9-16(17(12-14)20-2)21-15-6-4-3-5-7-15/h8-9,12,15,18H,3-7,10-11,13H2,1-2H3. The topological polar surface area (TPSA) is 39.7 Å². The first-order valence-electron chi connectivity index (χ1n) is 7.86. The van der Waals surface area contributed by atoms with Gasteiger partial charge in [-0.15, -0.1) is 0 Å². The van der Waals surface area contributed by atoms with Crippen molar-refractivity contribution in [3.8, 4) is 11.5 Å². The van der Waals surface area contributed by atoms with Gasteiger partial charge in [0.15, 0.2) is 11.5 Å². The van der Waals surface area contributed by atoms with E-state index >= 15 is 0 Å². The van der Waals surface area contributed by atoms with E-state index in [-0.39, 0.29) is 0 Å². The summed E-state index contributed by atoms with van der Waals surface area (Å²) >= 11 is 0. The largest absolute Gasteiger partial charge is 0.493 e. The molecule has 0 aliphatic heterocycles. The van der Waals surface area contributed by atoms with Crippen LogP contribution >= 0.6 is 0 Å². The van der Waals surface area contributed by atoms with Crippen LogP contribution in [0.4, 0.5) is 0 Å². The third-order valence-electron chi connectivity index (χ3n) is 3.89. The van der Waals surface area contributed by atoms with Crippen molar-refractivity contribution < 1.29 is 14.2 Å². The van der Waals surface area contributed by atoms with Gasteiger partial charge in [0.1, 0.15) is 0 Å². The molecule has 0 unspecified atom stereocenters. The lowest BCUT2D eigenvalue weighted by Crippen LogP contribution is -2.20. The van der Waals surface area contributed by atoms with Gasteiger partial charge in [0.25, 0.3) is 0 Å². The lowest BCUT2D eigenvalue weighted by atomic mass is 9.98. The Bertz CT molecular complexity index is 416. The monoisotopic (exact) mass is 293 g/mol. The Labute approximate surface area is 127 Å². The first-order chi connectivity index (χ1) is 10.3. The van der Waals surface area contributed by atoms with E-state index in [1.165, 1.54) is 24.8 Å². The number of nitrogens with one attached hydrogen (secondary N) is 1. The maximum absolute atomic E-state index is 6.11. The summed E-state index contributed by atoms with van der Waals surface area (Å²) in [4.78, 5) is 0. The smallest absolute Gasteiger partial charge is 0.161 e. The number of hydrogen-bond acceptors (Lipinski definition) is 4. The zero-order chi connectivity index (χ0) is 14.9. The molecule has 4 heteroatoms. The Balaban J connectivity index is 1.92. The van der Waals surface area contributed by atoms with E-state index < -0.39 is 0 Å². The summed E-state index contributed by atoms with van der Waals surface area (Å²) in [6.45, 7) is 2.38. The minimum Gasteiger partial charge on any atom is -0.493 e. The highest BCUT2D eigenvalue weighted by Crippen LogP contribution is 2.31. The summed E-state index contributed by atoms with van der Waals surface area (Å²) in [5.74, 6) is 1.69. The van der Waals surface area contributed by atoms with Crippen LogP contribution in [0.5, 0.6) is 11.5 Å². The van der Waals surface area contributed by atoms with E-state index in [1.54, 1.807) is 14.2 Å². The summed E-state index contributed by atoms with van der Waals surface area (Å²) in [5.41, 5.74) is 1.19. The summed E-state index contributed by atoms with van der Waals surface area (Å²) in [5, 5.41) is 3.33. The van der Waals surface area contributed by atoms with E-state index in [9.17, 15) is 0 Å². The Morgan fingerprint density at radius 1 is 1.10 bits per heavy atom. The van der Waals surface area contributed by atoms with Crippen LogP contribution in [0.2, 0.25) is 0 Å². The summed E-state index contributed by atoms with van der Waals surface area (Å²) in [6, 6.07) is 6.18. The summed E-state index contributed by atoms with van der Waals surface area (Å²) < 4.78 is 16.6. The van der Waals surface area contributed by atoms with Crippen LogP contribution in [0.3, 0.4) is 0 Å². The Morgan fingerprint density at radius 3 is 2.62 bits per heavy atom. The lowest BCUT2D eigenvalue weighted by Gasteiger charge is -2.24. The fourth-order valence-corrected chi connectivity index (χ4v) is 2.69. The third kappa shape index (κ3) is 5.21. The summed E-state index contributed by atoms with van der Waals surface area (Å²) in [7, 11) is 3.41. The van der Waals surface area contributed by atoms with Crippen LogP contribution in [-0.4, -0.2) is 33.5 Å². The molecule has 0 atom stereocenters. The lowest BCUT2D eigenvalue weighted by molar-refractivity contribution is 0.149. The van der Waals surface area contributed by atoms with Gasteiger partial charge in [-0.1, -0.05) is 12.5 Å². The second-order valence-corrected chi connectivity index (χ2v) is 5.53. The highest BCUT2D eigenvalue weighted by atomic mass is 16.5. The Kier molecular flexibility index (Phi) is 6.83. The second-order valence-electron chi connectivity index (χ2n) is 5.53. The molecule has 0 bridgehead atoms. The van der Waals surface area contributed by atoms with Crippen molar-refractivity contribution in [1.29, 1.82) is 0 Å². The number of rotatable bonds is 8. The molecule has 0 spiro atoms. The predicted molar refractivity (Wildman–Crippen MR) is 84.1 cm³/mol. The van der Waals surface area contributed by atoms with Crippen molar-refractivity contribution in [2.24, 2.45) is 0 Å². The second kappa shape index (κ2) is 8.90. The normalized spacial score (nSPS) is 15.9. The molecule has 0 heterocycles. The predicted octanol–water partition coefficient (Wildman–Crippen LogP) is 3.14. The van der Waals surface area contributed by atoms with Crippen molar-refractivity contribution in [1.82, 2.24) is 5.32 Å². The Morgan fingerprint density at radius 2 is 1.90 bits per heavy atom. The molecular formula is C17H27NO3. The molecule has 4 nitrogen and oxygen atoms in total. The molecule has 1 saturated carbocycles. The van der Waals surface area contributed by atoms with Gasteiger partial charge in [0, 0.05) is 20.2 Å². The quantitative estimate of drug-likeness (QED) is 0.747. The van der Waals surface area contributed by atoms with Gasteiger partial charge in [0.2, 0.25) is 0 Å². The van der Waals surface area contributed by atoms with Crippen LogP contribution < -0.4 is 14.8 Å². The van der Waals surface area contributed by atoms with Gasteiger partial charge in [-0.05, 0) is 43.4 Å². The number of ether oxygens (including phenoxy) is 3. The molecule has 118 valence electrons. The maximum Gasteiger partial charge on any atom is 0.161 e. The van der Waals surface area contributed by atoms with Gasteiger partial charge in [-0.25, -0.2) is 0 Å². The average Bonchev–Trinajstić information content (AvgIpc) is 2.53. The van der Waals surface area contributed by atoms with Crippen LogP contribution in [-0.2, 0) is 11.3 Å². The van der Waals surface area contributed by atoms with Crippen LogP contribution in [0.25, 0.3) is 0 Å². The molecule has 1 aromatic rings. The molecule has 1 N–H and O–H groups in total. The number of hydrogen-bond donors (Lipinski definition) is 1. The average molecular weight is 293 g/mol. The van der Waals surface area contributed by atoms with E-state index in [2.05, 4.69) is 17.4 Å². The molecule has 21 heavy (non-hydrogen) atoms. The van der Waals surface area contributed by atoms with Crippen molar-refractivity contribution in [3.05, 3.63) is 23.8 Å². The number of benzene rings is 1. The number of methoxy groups -OCH3 is 2. The van der Waals surface area contributed by atoms with Gasteiger partial charge in [-0.2, -0.15) is 0 Å². The molecule has 0 saturated heterocycles. The van der Waals surface area contributed by atoms with E-state index in [0.29, 0.717) is 6.10 Å². The molecule has 1 fully saturated rings. The zero-order valence-electron chi connectivity index (χ0n) is 13.2. The highest BCUT2D eigenvalue weighted by molar-refractivity contribution is 5.43. The van der Waals surface area contributed by atoms with Gasteiger partial charge < -0.3 is 19.5 Å². The minimum absolute atomic E-state index is 0.346. The van der Waals surface area contributed by atoms with Gasteiger partial charge >= 0.3 is 0 Å². The molecule has 0 radical (unpaired) electrons. The van der Waals surface area contributed by atoms with Crippen molar-refractivity contribution in [2.45, 2.75) is 44.8 Å². The molecule has 1 aliphatic carbocycles. The van der Waals surface area contributed by atoms with Crippen LogP contribution in [0.15, 0.2) is 18.2 Å². The van der Waals surface area contributed by atoms with Crippen LogP contribution in [0.1, 0.15) is 37.7 Å². The molecule has 1 aromatic carbocycles. The summed E-state index contributed by atoms with van der Waals surface area (Å²) in [6.07, 6.45) is 6.54. The zero-order valence-corrected chi connectivity index (χ0v) is 13.2. The minimum atomic E-state index is 0.346. The maximum atomic E-state index is 6.11. The van der Waals surface area contributed by atoms with Gasteiger partial charge in [0.05, 0.1) is 19.8 Å². The fourth-order valence-electron chi connectivity index (χ4n) is 2.69. The molecule has 1 aliphatic rings. The first-order valence-corrected chi connectivity index (χ1v) is 7.86. The van der Waals surface area contributed by atoms with Gasteiger partial charge in [-0.3, -0.25) is 0 Å². The first kappa shape index (κ1) is 16.1. The SMILES string of the molecule is COCCNCc1ccc(OC2CCCCC2)c(OC)c1. The van der Waals surface area contributed by atoms with Crippen molar-refractivity contribution in [2.75, 3.05) is 27.4 Å². The fraction of sp³-hybridized carbons (Fsp3) is 0.647. The molecule has 2 rings (SSSR count). The highest BCUT2D eigenvalue weighted by Gasteiger charge is 2.17. The van der Waals surface area contributed by atoms with E-state index in [1.807, 2.05) is 6.07 Å².